The zero-order valence-corrected chi connectivity index (χ0v) is 15.7. The van der Waals surface area contributed by atoms with Crippen molar-refractivity contribution in [1.82, 2.24) is 15.1 Å². The highest BCUT2D eigenvalue weighted by atomic mass is 16.5. The van der Waals surface area contributed by atoms with Gasteiger partial charge in [-0.2, -0.15) is 5.10 Å². The maximum absolute atomic E-state index is 12.8. The van der Waals surface area contributed by atoms with Crippen LogP contribution in [0.4, 0.5) is 5.69 Å². The minimum absolute atomic E-state index is 0.109. The van der Waals surface area contributed by atoms with E-state index < -0.39 is 0 Å². The Morgan fingerprint density at radius 2 is 1.96 bits per heavy atom. The van der Waals surface area contributed by atoms with Crippen LogP contribution in [0.2, 0.25) is 0 Å². The fraction of sp³-hybridized carbons (Fsp3) is 0.450. The molecule has 6 nitrogen and oxygen atoms in total. The molecule has 0 atom stereocenters. The average molecular weight is 354 g/mol. The number of carbonyl (C=O) groups excluding carboxylic acids is 1. The smallest absolute Gasteiger partial charge is 0.253 e. The summed E-state index contributed by atoms with van der Waals surface area (Å²) >= 11 is 0. The minimum atomic E-state index is 0.109. The van der Waals surface area contributed by atoms with Crippen LogP contribution < -0.4 is 9.64 Å². The molecule has 138 valence electrons. The number of anilines is 1. The van der Waals surface area contributed by atoms with E-state index in [1.807, 2.05) is 67.2 Å². The van der Waals surface area contributed by atoms with Gasteiger partial charge in [-0.15, -0.1) is 5.10 Å². The highest BCUT2D eigenvalue weighted by molar-refractivity contribution is 5.95. The SMILES string of the molecule is Cc1ccc(OCC2CCN(C(=O)c3cccc(N(C)C)c3)CC2)nn1. The van der Waals surface area contributed by atoms with E-state index in [4.69, 9.17) is 4.74 Å². The van der Waals surface area contributed by atoms with Crippen LogP contribution in [-0.2, 0) is 0 Å². The Morgan fingerprint density at radius 3 is 2.62 bits per heavy atom. The predicted molar refractivity (Wildman–Crippen MR) is 102 cm³/mol. The van der Waals surface area contributed by atoms with Crippen molar-refractivity contribution in [2.45, 2.75) is 19.8 Å². The van der Waals surface area contributed by atoms with Crippen LogP contribution in [-0.4, -0.2) is 54.8 Å². The second kappa shape index (κ2) is 8.17. The molecule has 1 aliphatic rings. The van der Waals surface area contributed by atoms with Crippen LogP contribution >= 0.6 is 0 Å². The summed E-state index contributed by atoms with van der Waals surface area (Å²) in [6.45, 7) is 4.05. The van der Waals surface area contributed by atoms with Gasteiger partial charge in [0, 0.05) is 44.5 Å². The summed E-state index contributed by atoms with van der Waals surface area (Å²) in [5.74, 6) is 1.11. The molecule has 0 aliphatic carbocycles. The highest BCUT2D eigenvalue weighted by Crippen LogP contribution is 2.21. The van der Waals surface area contributed by atoms with E-state index in [-0.39, 0.29) is 5.91 Å². The van der Waals surface area contributed by atoms with Gasteiger partial charge in [-0.25, -0.2) is 0 Å². The number of benzene rings is 1. The lowest BCUT2D eigenvalue weighted by Crippen LogP contribution is -2.39. The van der Waals surface area contributed by atoms with Crippen LogP contribution in [0.25, 0.3) is 0 Å². The second-order valence-electron chi connectivity index (χ2n) is 7.00. The van der Waals surface area contributed by atoms with Gasteiger partial charge in [-0.1, -0.05) is 6.07 Å². The van der Waals surface area contributed by atoms with Gasteiger partial charge in [-0.05, 0) is 49.9 Å². The number of hydrogen-bond donors (Lipinski definition) is 0. The van der Waals surface area contributed by atoms with Gasteiger partial charge in [-0.3, -0.25) is 4.79 Å². The fourth-order valence-corrected chi connectivity index (χ4v) is 3.07. The fourth-order valence-electron chi connectivity index (χ4n) is 3.07. The standard InChI is InChI=1S/C20H26N4O2/c1-15-7-8-19(22-21-15)26-14-16-9-11-24(12-10-16)20(25)17-5-4-6-18(13-17)23(2)3/h4-8,13,16H,9-12,14H2,1-3H3. The molecule has 1 saturated heterocycles. The number of rotatable bonds is 5. The molecule has 1 aromatic heterocycles. The molecule has 0 N–H and O–H groups in total. The quantitative estimate of drug-likeness (QED) is 0.826. The van der Waals surface area contributed by atoms with E-state index in [1.165, 1.54) is 0 Å². The van der Waals surface area contributed by atoms with Crippen LogP contribution in [0, 0.1) is 12.8 Å². The maximum atomic E-state index is 12.8. The Labute approximate surface area is 154 Å². The van der Waals surface area contributed by atoms with E-state index in [1.54, 1.807) is 0 Å². The average Bonchev–Trinajstić information content (AvgIpc) is 2.67. The lowest BCUT2D eigenvalue weighted by atomic mass is 9.97. The van der Waals surface area contributed by atoms with Gasteiger partial charge in [0.25, 0.3) is 5.91 Å². The third-order valence-electron chi connectivity index (χ3n) is 4.75. The van der Waals surface area contributed by atoms with Crippen molar-refractivity contribution in [3.8, 4) is 5.88 Å². The number of aryl methyl sites for hydroxylation is 1. The molecule has 26 heavy (non-hydrogen) atoms. The third-order valence-corrected chi connectivity index (χ3v) is 4.75. The highest BCUT2D eigenvalue weighted by Gasteiger charge is 2.24. The first kappa shape index (κ1) is 18.2. The van der Waals surface area contributed by atoms with Crippen LogP contribution in [0.1, 0.15) is 28.9 Å². The maximum Gasteiger partial charge on any atom is 0.253 e. The molecule has 0 bridgehead atoms. The Kier molecular flexibility index (Phi) is 5.71. The molecule has 0 unspecified atom stereocenters. The van der Waals surface area contributed by atoms with Crippen LogP contribution in [0.15, 0.2) is 36.4 Å². The largest absolute Gasteiger partial charge is 0.476 e. The lowest BCUT2D eigenvalue weighted by molar-refractivity contribution is 0.0659. The summed E-state index contributed by atoms with van der Waals surface area (Å²) in [7, 11) is 3.96. The van der Waals surface area contributed by atoms with Crippen LogP contribution in [0.3, 0.4) is 0 Å². The normalized spacial score (nSPS) is 15.0. The number of nitrogens with zero attached hydrogens (tertiary/aromatic N) is 4. The summed E-state index contributed by atoms with van der Waals surface area (Å²) in [5.41, 5.74) is 2.67. The van der Waals surface area contributed by atoms with Crippen molar-refractivity contribution in [2.75, 3.05) is 38.7 Å². The van der Waals surface area contributed by atoms with Gasteiger partial charge in [0.05, 0.1) is 12.3 Å². The van der Waals surface area contributed by atoms with E-state index in [2.05, 4.69) is 10.2 Å². The van der Waals surface area contributed by atoms with Crippen molar-refractivity contribution in [3.63, 3.8) is 0 Å². The first-order chi connectivity index (χ1) is 12.5. The first-order valence-electron chi connectivity index (χ1n) is 9.03. The number of ether oxygens (including phenoxy) is 1. The van der Waals surface area contributed by atoms with E-state index in [0.717, 1.165) is 42.9 Å². The Bertz CT molecular complexity index is 738. The number of carbonyl (C=O) groups is 1. The molecule has 0 saturated carbocycles. The van der Waals surface area contributed by atoms with Crippen molar-refractivity contribution in [3.05, 3.63) is 47.7 Å². The van der Waals surface area contributed by atoms with Gasteiger partial charge >= 0.3 is 0 Å². The summed E-state index contributed by atoms with van der Waals surface area (Å²) in [6, 6.07) is 11.5. The van der Waals surface area contributed by atoms with Gasteiger partial charge < -0.3 is 14.5 Å². The van der Waals surface area contributed by atoms with E-state index >= 15 is 0 Å². The Morgan fingerprint density at radius 1 is 1.19 bits per heavy atom. The van der Waals surface area contributed by atoms with Gasteiger partial charge in [0.15, 0.2) is 0 Å². The first-order valence-corrected chi connectivity index (χ1v) is 9.03. The Hall–Kier alpha value is -2.63. The molecule has 0 radical (unpaired) electrons. The van der Waals surface area contributed by atoms with Crippen molar-refractivity contribution in [1.29, 1.82) is 0 Å². The number of likely N-dealkylation sites (tertiary alicyclic amines) is 1. The molecular formula is C20H26N4O2. The summed E-state index contributed by atoms with van der Waals surface area (Å²) < 4.78 is 5.74. The van der Waals surface area contributed by atoms with Gasteiger partial charge in [0.1, 0.15) is 0 Å². The molecular weight excluding hydrogens is 328 g/mol. The molecule has 6 heteroatoms. The Balaban J connectivity index is 1.50. The minimum Gasteiger partial charge on any atom is -0.476 e. The van der Waals surface area contributed by atoms with Gasteiger partial charge in [0.2, 0.25) is 5.88 Å². The zero-order chi connectivity index (χ0) is 18.5. The van der Waals surface area contributed by atoms with E-state index in [9.17, 15) is 4.79 Å². The number of amides is 1. The number of hydrogen-bond acceptors (Lipinski definition) is 5. The predicted octanol–water partition coefficient (Wildman–Crippen LogP) is 2.78. The third kappa shape index (κ3) is 4.50. The second-order valence-corrected chi connectivity index (χ2v) is 7.00. The topological polar surface area (TPSA) is 58.6 Å². The van der Waals surface area contributed by atoms with Crippen molar-refractivity contribution in [2.24, 2.45) is 5.92 Å². The molecule has 1 amide bonds. The zero-order valence-electron chi connectivity index (χ0n) is 15.7. The monoisotopic (exact) mass is 354 g/mol. The van der Waals surface area contributed by atoms with Crippen LogP contribution in [0.5, 0.6) is 5.88 Å². The van der Waals surface area contributed by atoms with Crippen molar-refractivity contribution >= 4 is 11.6 Å². The summed E-state index contributed by atoms with van der Waals surface area (Å²) in [5, 5.41) is 8.03. The molecule has 1 aliphatic heterocycles. The summed E-state index contributed by atoms with van der Waals surface area (Å²) in [6.07, 6.45) is 1.89. The number of aromatic nitrogens is 2. The van der Waals surface area contributed by atoms with Crippen molar-refractivity contribution < 1.29 is 9.53 Å². The molecule has 2 aromatic rings. The lowest BCUT2D eigenvalue weighted by Gasteiger charge is -2.32. The molecule has 1 fully saturated rings. The summed E-state index contributed by atoms with van der Waals surface area (Å²) in [4.78, 5) is 16.7. The molecule has 1 aromatic carbocycles. The molecule has 3 rings (SSSR count). The van der Waals surface area contributed by atoms with E-state index in [0.29, 0.717) is 18.4 Å². The molecule has 2 heterocycles. The molecule has 0 spiro atoms. The number of piperidine rings is 1.